The molecule has 0 heterocycles. The Hall–Kier alpha value is -1.23. The first-order chi connectivity index (χ1) is 8.47. The molecule has 5 heteroatoms. The second-order valence-corrected chi connectivity index (χ2v) is 4.22. The van der Waals surface area contributed by atoms with E-state index < -0.39 is 11.7 Å². The molecule has 0 aliphatic carbocycles. The Kier molecular flexibility index (Phi) is 5.47. The molecule has 0 bridgehead atoms. The molecule has 1 aromatic carbocycles. The van der Waals surface area contributed by atoms with E-state index in [1.54, 1.807) is 0 Å². The van der Waals surface area contributed by atoms with Crippen LogP contribution in [-0.2, 0) is 6.18 Å². The molecule has 0 radical (unpaired) electrons. The molecule has 1 aromatic rings. The Morgan fingerprint density at radius 1 is 1.22 bits per heavy atom. The molecule has 18 heavy (non-hydrogen) atoms. The summed E-state index contributed by atoms with van der Waals surface area (Å²) in [6.45, 7) is 3.02. The lowest BCUT2D eigenvalue weighted by molar-refractivity contribution is -0.137. The van der Waals surface area contributed by atoms with Crippen LogP contribution in [0, 0.1) is 5.92 Å². The standard InChI is InChI=1S/C13H18F3NO/c1-2-3-10(8-17)9-18-12-6-4-11(5-7-12)13(14,15)16/h4-7,10H,2-3,8-9,17H2,1H3. The molecule has 0 aliphatic heterocycles. The van der Waals surface area contributed by atoms with Gasteiger partial charge < -0.3 is 10.5 Å². The summed E-state index contributed by atoms with van der Waals surface area (Å²) in [5, 5.41) is 0. The molecule has 1 rings (SSSR count). The van der Waals surface area contributed by atoms with Crippen molar-refractivity contribution in [2.24, 2.45) is 11.7 Å². The van der Waals surface area contributed by atoms with Gasteiger partial charge in [0.2, 0.25) is 0 Å². The van der Waals surface area contributed by atoms with Gasteiger partial charge in [-0.3, -0.25) is 0 Å². The smallest absolute Gasteiger partial charge is 0.416 e. The van der Waals surface area contributed by atoms with Gasteiger partial charge in [0.05, 0.1) is 12.2 Å². The van der Waals surface area contributed by atoms with Crippen LogP contribution < -0.4 is 10.5 Å². The Morgan fingerprint density at radius 3 is 2.28 bits per heavy atom. The van der Waals surface area contributed by atoms with Gasteiger partial charge >= 0.3 is 6.18 Å². The van der Waals surface area contributed by atoms with Crippen LogP contribution in [0.3, 0.4) is 0 Å². The second-order valence-electron chi connectivity index (χ2n) is 4.22. The maximum Gasteiger partial charge on any atom is 0.416 e. The molecule has 0 amide bonds. The molecule has 0 saturated heterocycles. The number of nitrogens with two attached hydrogens (primary N) is 1. The van der Waals surface area contributed by atoms with E-state index in [0.29, 0.717) is 18.9 Å². The fourth-order valence-corrected chi connectivity index (χ4v) is 1.63. The number of hydrogen-bond acceptors (Lipinski definition) is 2. The van der Waals surface area contributed by atoms with E-state index in [-0.39, 0.29) is 5.92 Å². The van der Waals surface area contributed by atoms with Gasteiger partial charge in [-0.1, -0.05) is 13.3 Å². The van der Waals surface area contributed by atoms with E-state index in [9.17, 15) is 13.2 Å². The number of hydrogen-bond donors (Lipinski definition) is 1. The second kappa shape index (κ2) is 6.64. The van der Waals surface area contributed by atoms with Crippen molar-refractivity contribution in [2.75, 3.05) is 13.2 Å². The van der Waals surface area contributed by atoms with Crippen LogP contribution in [0.25, 0.3) is 0 Å². The zero-order chi connectivity index (χ0) is 13.6. The van der Waals surface area contributed by atoms with E-state index in [0.717, 1.165) is 25.0 Å². The highest BCUT2D eigenvalue weighted by Gasteiger charge is 2.30. The van der Waals surface area contributed by atoms with Crippen LogP contribution in [-0.4, -0.2) is 13.2 Å². The van der Waals surface area contributed by atoms with Gasteiger partial charge in [-0.2, -0.15) is 13.2 Å². The first-order valence-corrected chi connectivity index (χ1v) is 5.97. The van der Waals surface area contributed by atoms with Crippen LogP contribution in [0.2, 0.25) is 0 Å². The minimum Gasteiger partial charge on any atom is -0.493 e. The van der Waals surface area contributed by atoms with Crippen LogP contribution in [0.15, 0.2) is 24.3 Å². The average molecular weight is 261 g/mol. The Morgan fingerprint density at radius 2 is 1.83 bits per heavy atom. The quantitative estimate of drug-likeness (QED) is 0.851. The maximum absolute atomic E-state index is 12.3. The number of benzene rings is 1. The van der Waals surface area contributed by atoms with Gasteiger partial charge in [0.1, 0.15) is 5.75 Å². The molecular formula is C13H18F3NO. The lowest BCUT2D eigenvalue weighted by Crippen LogP contribution is -2.21. The zero-order valence-electron chi connectivity index (χ0n) is 10.3. The Bertz CT molecular complexity index is 348. The highest BCUT2D eigenvalue weighted by Crippen LogP contribution is 2.30. The predicted molar refractivity (Wildman–Crippen MR) is 64.4 cm³/mol. The number of ether oxygens (including phenoxy) is 1. The summed E-state index contributed by atoms with van der Waals surface area (Å²) < 4.78 is 42.4. The lowest BCUT2D eigenvalue weighted by Gasteiger charge is -2.15. The highest BCUT2D eigenvalue weighted by atomic mass is 19.4. The normalized spacial score (nSPS) is 13.4. The van der Waals surface area contributed by atoms with Crippen molar-refractivity contribution in [1.82, 2.24) is 0 Å². The summed E-state index contributed by atoms with van der Waals surface area (Å²) >= 11 is 0. The van der Waals surface area contributed by atoms with E-state index in [1.165, 1.54) is 12.1 Å². The molecule has 1 atom stereocenters. The highest BCUT2D eigenvalue weighted by molar-refractivity contribution is 5.28. The third kappa shape index (κ3) is 4.56. The molecule has 2 nitrogen and oxygen atoms in total. The predicted octanol–water partition coefficient (Wildman–Crippen LogP) is 3.46. The van der Waals surface area contributed by atoms with Gasteiger partial charge in [0.25, 0.3) is 0 Å². The third-order valence-corrected chi connectivity index (χ3v) is 2.70. The minimum absolute atomic E-state index is 0.247. The van der Waals surface area contributed by atoms with Gasteiger partial charge in [-0.25, -0.2) is 0 Å². The molecule has 102 valence electrons. The molecule has 0 fully saturated rings. The summed E-state index contributed by atoms with van der Waals surface area (Å²) in [6.07, 6.45) is -2.34. The summed E-state index contributed by atoms with van der Waals surface area (Å²) in [5.74, 6) is 0.690. The van der Waals surface area contributed by atoms with Crippen molar-refractivity contribution in [2.45, 2.75) is 25.9 Å². The number of rotatable bonds is 6. The SMILES string of the molecule is CCCC(CN)COc1ccc(C(F)(F)F)cc1. The monoisotopic (exact) mass is 261 g/mol. The molecule has 0 aliphatic rings. The first-order valence-electron chi connectivity index (χ1n) is 5.97. The summed E-state index contributed by atoms with van der Waals surface area (Å²) in [6, 6.07) is 4.71. The third-order valence-electron chi connectivity index (χ3n) is 2.70. The van der Waals surface area contributed by atoms with Gasteiger partial charge in [-0.15, -0.1) is 0 Å². The Labute approximate surface area is 105 Å². The fraction of sp³-hybridized carbons (Fsp3) is 0.538. The van der Waals surface area contributed by atoms with Crippen molar-refractivity contribution < 1.29 is 17.9 Å². The number of halogens is 3. The van der Waals surface area contributed by atoms with E-state index in [2.05, 4.69) is 6.92 Å². The molecule has 0 aromatic heterocycles. The van der Waals surface area contributed by atoms with Crippen molar-refractivity contribution in [1.29, 1.82) is 0 Å². The summed E-state index contributed by atoms with van der Waals surface area (Å²) in [5.41, 5.74) is 4.91. The van der Waals surface area contributed by atoms with E-state index >= 15 is 0 Å². The first kappa shape index (κ1) is 14.8. The van der Waals surface area contributed by atoms with E-state index in [1.807, 2.05) is 0 Å². The van der Waals surface area contributed by atoms with Gasteiger partial charge in [0.15, 0.2) is 0 Å². The van der Waals surface area contributed by atoms with Gasteiger partial charge in [0, 0.05) is 5.92 Å². The molecular weight excluding hydrogens is 243 g/mol. The topological polar surface area (TPSA) is 35.2 Å². The molecule has 0 spiro atoms. The maximum atomic E-state index is 12.3. The largest absolute Gasteiger partial charge is 0.493 e. The minimum atomic E-state index is -4.31. The van der Waals surface area contributed by atoms with Crippen LogP contribution in [0.1, 0.15) is 25.3 Å². The average Bonchev–Trinajstić information content (AvgIpc) is 2.34. The van der Waals surface area contributed by atoms with Crippen molar-refractivity contribution >= 4 is 0 Å². The fourth-order valence-electron chi connectivity index (χ4n) is 1.63. The van der Waals surface area contributed by atoms with E-state index in [4.69, 9.17) is 10.5 Å². The lowest BCUT2D eigenvalue weighted by atomic mass is 10.1. The summed E-state index contributed by atoms with van der Waals surface area (Å²) in [7, 11) is 0. The van der Waals surface area contributed by atoms with Crippen LogP contribution >= 0.6 is 0 Å². The molecule has 2 N–H and O–H groups in total. The summed E-state index contributed by atoms with van der Waals surface area (Å²) in [4.78, 5) is 0. The van der Waals surface area contributed by atoms with Gasteiger partial charge in [-0.05, 0) is 37.2 Å². The van der Waals surface area contributed by atoms with Crippen molar-refractivity contribution in [3.63, 3.8) is 0 Å². The zero-order valence-corrected chi connectivity index (χ0v) is 10.3. The molecule has 0 saturated carbocycles. The Balaban J connectivity index is 2.53. The molecule has 1 unspecified atom stereocenters. The number of alkyl halides is 3. The van der Waals surface area contributed by atoms with Crippen LogP contribution in [0.4, 0.5) is 13.2 Å². The van der Waals surface area contributed by atoms with Crippen molar-refractivity contribution in [3.05, 3.63) is 29.8 Å². The van der Waals surface area contributed by atoms with Crippen molar-refractivity contribution in [3.8, 4) is 5.75 Å². The van der Waals surface area contributed by atoms with Crippen LogP contribution in [0.5, 0.6) is 5.75 Å².